The minimum atomic E-state index is -0.0557. The molecule has 1 fully saturated rings. The fourth-order valence-electron chi connectivity index (χ4n) is 3.27. The minimum Gasteiger partial charge on any atom is -0.335 e. The zero-order valence-corrected chi connectivity index (χ0v) is 17.2. The van der Waals surface area contributed by atoms with E-state index in [0.29, 0.717) is 37.4 Å². The predicted molar refractivity (Wildman–Crippen MR) is 110 cm³/mol. The lowest BCUT2D eigenvalue weighted by atomic mass is 10.1. The van der Waals surface area contributed by atoms with Crippen molar-refractivity contribution in [3.63, 3.8) is 0 Å². The van der Waals surface area contributed by atoms with Crippen molar-refractivity contribution in [3.05, 3.63) is 63.8 Å². The number of rotatable bonds is 2. The molecule has 0 atom stereocenters. The van der Waals surface area contributed by atoms with Gasteiger partial charge in [-0.2, -0.15) is 4.37 Å². The molecule has 4 rings (SSSR count). The van der Waals surface area contributed by atoms with E-state index in [1.165, 1.54) is 11.5 Å². The van der Waals surface area contributed by atoms with Gasteiger partial charge in [-0.05, 0) is 58.7 Å². The van der Waals surface area contributed by atoms with Crippen LogP contribution >= 0.6 is 27.5 Å². The molecular weight excluding hydrogens is 426 g/mol. The molecule has 0 unspecified atom stereocenters. The van der Waals surface area contributed by atoms with Crippen molar-refractivity contribution in [2.45, 2.75) is 6.92 Å². The maximum Gasteiger partial charge on any atom is 0.274 e. The third-order valence-electron chi connectivity index (χ3n) is 4.79. The predicted octanol–water partition coefficient (Wildman–Crippen LogP) is 3.97. The van der Waals surface area contributed by atoms with E-state index in [4.69, 9.17) is 0 Å². The molecule has 2 aromatic carbocycles. The van der Waals surface area contributed by atoms with E-state index in [-0.39, 0.29) is 11.8 Å². The highest BCUT2D eigenvalue weighted by Crippen LogP contribution is 2.25. The zero-order valence-electron chi connectivity index (χ0n) is 14.8. The maximum absolute atomic E-state index is 12.9. The highest BCUT2D eigenvalue weighted by Gasteiger charge is 2.28. The Morgan fingerprint density at radius 1 is 1.00 bits per heavy atom. The second kappa shape index (κ2) is 7.40. The first-order valence-electron chi connectivity index (χ1n) is 8.74. The lowest BCUT2D eigenvalue weighted by Crippen LogP contribution is -2.50. The topological polar surface area (TPSA) is 53.5 Å². The Kier molecular flexibility index (Phi) is 4.97. The van der Waals surface area contributed by atoms with Gasteiger partial charge in [0.1, 0.15) is 5.69 Å². The maximum atomic E-state index is 12.9. The molecule has 0 radical (unpaired) electrons. The summed E-state index contributed by atoms with van der Waals surface area (Å²) >= 11 is 4.79. The number of amides is 2. The van der Waals surface area contributed by atoms with E-state index in [0.717, 1.165) is 20.1 Å². The van der Waals surface area contributed by atoms with Crippen LogP contribution in [0.2, 0.25) is 0 Å². The molecule has 0 spiro atoms. The first-order valence-corrected chi connectivity index (χ1v) is 10.3. The van der Waals surface area contributed by atoms with E-state index >= 15 is 0 Å². The Morgan fingerprint density at radius 3 is 2.37 bits per heavy atom. The number of fused-ring (bicyclic) bond motifs is 1. The van der Waals surface area contributed by atoms with Crippen LogP contribution in [-0.2, 0) is 0 Å². The van der Waals surface area contributed by atoms with Gasteiger partial charge in [0.15, 0.2) is 0 Å². The highest BCUT2D eigenvalue weighted by molar-refractivity contribution is 9.10. The van der Waals surface area contributed by atoms with Gasteiger partial charge in [0, 0.05) is 36.0 Å². The number of carbonyl (C=O) groups is 2. The van der Waals surface area contributed by atoms with Crippen LogP contribution in [0.5, 0.6) is 0 Å². The zero-order chi connectivity index (χ0) is 19.0. The van der Waals surface area contributed by atoms with Crippen molar-refractivity contribution >= 4 is 49.4 Å². The van der Waals surface area contributed by atoms with E-state index in [1.807, 2.05) is 49.4 Å². The van der Waals surface area contributed by atoms with Crippen molar-refractivity contribution in [2.75, 3.05) is 26.2 Å². The van der Waals surface area contributed by atoms with E-state index in [2.05, 4.69) is 20.3 Å². The largest absolute Gasteiger partial charge is 0.335 e. The van der Waals surface area contributed by atoms with E-state index < -0.39 is 0 Å². The van der Waals surface area contributed by atoms with Gasteiger partial charge in [-0.25, -0.2) is 0 Å². The molecule has 27 heavy (non-hydrogen) atoms. The lowest BCUT2D eigenvalue weighted by Gasteiger charge is -2.34. The van der Waals surface area contributed by atoms with Gasteiger partial charge in [-0.15, -0.1) is 0 Å². The molecule has 7 heteroatoms. The van der Waals surface area contributed by atoms with Crippen LogP contribution in [0.1, 0.15) is 26.4 Å². The number of carbonyl (C=O) groups excluding carboxylic acids is 2. The van der Waals surface area contributed by atoms with Crippen LogP contribution in [0.25, 0.3) is 10.1 Å². The minimum absolute atomic E-state index is 0.00990. The summed E-state index contributed by atoms with van der Waals surface area (Å²) in [5, 5.41) is 0.914. The number of aromatic nitrogens is 1. The summed E-state index contributed by atoms with van der Waals surface area (Å²) in [6, 6.07) is 13.5. The van der Waals surface area contributed by atoms with Gasteiger partial charge >= 0.3 is 0 Å². The smallest absolute Gasteiger partial charge is 0.274 e. The number of benzene rings is 2. The van der Waals surface area contributed by atoms with Crippen molar-refractivity contribution < 1.29 is 9.59 Å². The molecule has 3 aromatic rings. The average Bonchev–Trinajstić information content (AvgIpc) is 3.10. The van der Waals surface area contributed by atoms with Crippen molar-refractivity contribution in [2.24, 2.45) is 0 Å². The molecule has 1 aliphatic rings. The second-order valence-corrected chi connectivity index (χ2v) is 8.25. The molecule has 138 valence electrons. The summed E-state index contributed by atoms with van der Waals surface area (Å²) in [6.45, 7) is 4.08. The summed E-state index contributed by atoms with van der Waals surface area (Å²) in [7, 11) is 0. The molecule has 0 bridgehead atoms. The molecule has 2 heterocycles. The summed E-state index contributed by atoms with van der Waals surface area (Å²) < 4.78 is 6.20. The molecule has 0 saturated carbocycles. The summed E-state index contributed by atoms with van der Waals surface area (Å²) in [5.41, 5.74) is 2.28. The van der Waals surface area contributed by atoms with Gasteiger partial charge in [0.25, 0.3) is 11.8 Å². The quantitative estimate of drug-likeness (QED) is 0.601. The van der Waals surface area contributed by atoms with Gasteiger partial charge in [0.05, 0.1) is 10.3 Å². The van der Waals surface area contributed by atoms with E-state index in [1.54, 1.807) is 9.80 Å². The summed E-state index contributed by atoms with van der Waals surface area (Å²) in [4.78, 5) is 29.3. The molecule has 5 nitrogen and oxygen atoms in total. The average molecular weight is 444 g/mol. The fourth-order valence-corrected chi connectivity index (χ4v) is 4.48. The Labute approximate surface area is 169 Å². The van der Waals surface area contributed by atoms with Crippen molar-refractivity contribution in [1.29, 1.82) is 0 Å². The van der Waals surface area contributed by atoms with Gasteiger partial charge in [-0.1, -0.05) is 23.8 Å². The normalized spacial score (nSPS) is 14.6. The van der Waals surface area contributed by atoms with E-state index in [9.17, 15) is 9.59 Å². The van der Waals surface area contributed by atoms with Crippen LogP contribution in [0.3, 0.4) is 0 Å². The molecule has 1 aliphatic heterocycles. The number of hydrogen-bond donors (Lipinski definition) is 0. The standard InChI is InChI=1S/C20H18BrN3O2S/c1-13-6-7-17-15(12-13)18(22-27-17)20(26)24-10-8-23(9-11-24)19(25)14-4-2-3-5-16(14)21/h2-7,12H,8-11H2,1H3. The molecule has 0 N–H and O–H groups in total. The monoisotopic (exact) mass is 443 g/mol. The Morgan fingerprint density at radius 2 is 1.67 bits per heavy atom. The number of nitrogens with zero attached hydrogens (tertiary/aromatic N) is 3. The molecular formula is C20H18BrN3O2S. The molecule has 1 saturated heterocycles. The molecule has 1 aromatic heterocycles. The third-order valence-corrected chi connectivity index (χ3v) is 6.30. The third kappa shape index (κ3) is 3.49. The van der Waals surface area contributed by atoms with Crippen LogP contribution in [0, 0.1) is 6.92 Å². The Balaban J connectivity index is 1.47. The second-order valence-electron chi connectivity index (χ2n) is 6.60. The van der Waals surface area contributed by atoms with Gasteiger partial charge in [0.2, 0.25) is 0 Å². The van der Waals surface area contributed by atoms with Crippen molar-refractivity contribution in [3.8, 4) is 0 Å². The fraction of sp³-hybridized carbons (Fsp3) is 0.250. The number of piperazine rings is 1. The SMILES string of the molecule is Cc1ccc2snc(C(=O)N3CCN(C(=O)c4ccccc4Br)CC3)c2c1. The first kappa shape index (κ1) is 18.1. The van der Waals surface area contributed by atoms with Crippen LogP contribution in [-0.4, -0.2) is 52.2 Å². The van der Waals surface area contributed by atoms with Crippen LogP contribution in [0.4, 0.5) is 0 Å². The Hall–Kier alpha value is -2.25. The molecule has 0 aliphatic carbocycles. The number of halogens is 1. The first-order chi connectivity index (χ1) is 13.0. The highest BCUT2D eigenvalue weighted by atomic mass is 79.9. The summed E-state index contributed by atoms with van der Waals surface area (Å²) in [6.07, 6.45) is 0. The number of aryl methyl sites for hydroxylation is 1. The van der Waals surface area contributed by atoms with Crippen LogP contribution < -0.4 is 0 Å². The van der Waals surface area contributed by atoms with Crippen molar-refractivity contribution in [1.82, 2.24) is 14.2 Å². The van der Waals surface area contributed by atoms with Crippen LogP contribution in [0.15, 0.2) is 46.9 Å². The number of hydrogen-bond acceptors (Lipinski definition) is 4. The molecule has 2 amide bonds. The van der Waals surface area contributed by atoms with Gasteiger partial charge in [-0.3, -0.25) is 9.59 Å². The van der Waals surface area contributed by atoms with Gasteiger partial charge < -0.3 is 9.80 Å². The lowest BCUT2D eigenvalue weighted by molar-refractivity contribution is 0.0533. The Bertz CT molecular complexity index is 1020. The summed E-state index contributed by atoms with van der Waals surface area (Å²) in [5.74, 6) is -0.0656.